The number of nitrogens with one attached hydrogen (secondary N) is 2. The maximum atomic E-state index is 12.9. The molecule has 5 nitrogen and oxygen atoms in total. The Bertz CT molecular complexity index is 1000. The molecule has 3 aromatic rings. The van der Waals surface area contributed by atoms with Crippen molar-refractivity contribution in [1.82, 2.24) is 5.32 Å². The Kier molecular flexibility index (Phi) is 5.87. The molecule has 2 aromatic carbocycles. The molecule has 2 heterocycles. The maximum absolute atomic E-state index is 12.9. The van der Waals surface area contributed by atoms with Crippen LogP contribution in [0.4, 0.5) is 16.2 Å². The third-order valence-corrected chi connectivity index (χ3v) is 6.60. The van der Waals surface area contributed by atoms with Crippen LogP contribution < -0.4 is 15.5 Å². The summed E-state index contributed by atoms with van der Waals surface area (Å²) < 4.78 is 0. The summed E-state index contributed by atoms with van der Waals surface area (Å²) in [5, 5.41) is 8.15. The zero-order valence-corrected chi connectivity index (χ0v) is 17.6. The van der Waals surface area contributed by atoms with Crippen molar-refractivity contribution in [3.05, 3.63) is 76.5 Å². The van der Waals surface area contributed by atoms with Crippen molar-refractivity contribution in [3.63, 3.8) is 0 Å². The van der Waals surface area contributed by atoms with Crippen molar-refractivity contribution < 1.29 is 9.59 Å². The molecule has 1 aromatic heterocycles. The Morgan fingerprint density at radius 1 is 1.07 bits per heavy atom. The van der Waals surface area contributed by atoms with Gasteiger partial charge in [-0.1, -0.05) is 25.1 Å². The van der Waals surface area contributed by atoms with E-state index in [4.69, 9.17) is 0 Å². The zero-order valence-electron chi connectivity index (χ0n) is 15.9. The fraction of sp³-hybridized carbons (Fsp3) is 0.182. The maximum Gasteiger partial charge on any atom is 0.326 e. The molecule has 1 aliphatic heterocycles. The first kappa shape index (κ1) is 19.5. The average molecular weight is 424 g/mol. The Hall–Kier alpha value is -2.77. The number of carbonyl (C=O) groups is 2. The summed E-state index contributed by atoms with van der Waals surface area (Å²) in [5.74, 6) is -0.132. The topological polar surface area (TPSA) is 61.4 Å². The van der Waals surface area contributed by atoms with E-state index in [0.29, 0.717) is 29.6 Å². The van der Waals surface area contributed by atoms with Crippen LogP contribution in [0.3, 0.4) is 0 Å². The van der Waals surface area contributed by atoms with Crippen LogP contribution in [0, 0.1) is 0 Å². The molecule has 0 radical (unpaired) electrons. The van der Waals surface area contributed by atoms with Gasteiger partial charge in [-0.3, -0.25) is 9.69 Å². The lowest BCUT2D eigenvalue weighted by molar-refractivity contribution is 0.0951. The Labute approximate surface area is 178 Å². The molecule has 0 aliphatic carbocycles. The van der Waals surface area contributed by atoms with E-state index in [-0.39, 0.29) is 11.9 Å². The van der Waals surface area contributed by atoms with Crippen LogP contribution in [0.5, 0.6) is 0 Å². The highest BCUT2D eigenvalue weighted by atomic mass is 32.2. The third kappa shape index (κ3) is 4.63. The number of carbonyl (C=O) groups excluding carboxylic acids is 2. The zero-order chi connectivity index (χ0) is 20.2. The molecule has 0 bridgehead atoms. The summed E-state index contributed by atoms with van der Waals surface area (Å²) in [4.78, 5) is 29.1. The lowest BCUT2D eigenvalue weighted by atomic mass is 10.2. The fourth-order valence-corrected chi connectivity index (χ4v) is 4.92. The van der Waals surface area contributed by atoms with Crippen molar-refractivity contribution in [2.45, 2.75) is 23.6 Å². The number of hydrogen-bond donors (Lipinski definition) is 2. The first-order chi connectivity index (χ1) is 14.1. The molecule has 0 saturated heterocycles. The number of rotatable bonds is 4. The summed E-state index contributed by atoms with van der Waals surface area (Å²) in [7, 11) is 0. The standard InChI is InChI=1S/C22H21N3O2S2/c1-15-14-25(19-6-2-3-7-20(19)29-15)22(27)24-17-10-8-16(9-11-17)21(26)23-13-18-5-4-12-28-18/h2-12,15H,13-14H2,1H3,(H,23,26)(H,24,27)/t15-/m1/s1. The number of benzene rings is 2. The summed E-state index contributed by atoms with van der Waals surface area (Å²) in [6, 6.07) is 18.7. The summed E-state index contributed by atoms with van der Waals surface area (Å²) in [6.45, 7) is 3.28. The van der Waals surface area contributed by atoms with E-state index in [0.717, 1.165) is 15.5 Å². The summed E-state index contributed by atoms with van der Waals surface area (Å²) >= 11 is 3.39. The molecule has 3 amide bonds. The van der Waals surface area contributed by atoms with Crippen molar-refractivity contribution in [1.29, 1.82) is 0 Å². The van der Waals surface area contributed by atoms with Gasteiger partial charge in [-0.05, 0) is 47.8 Å². The van der Waals surface area contributed by atoms with Gasteiger partial charge in [-0.2, -0.15) is 0 Å². The molecular formula is C22H21N3O2S2. The number of anilines is 2. The van der Waals surface area contributed by atoms with Gasteiger partial charge < -0.3 is 10.6 Å². The Morgan fingerprint density at radius 2 is 1.86 bits per heavy atom. The Balaban J connectivity index is 1.40. The molecule has 0 spiro atoms. The van der Waals surface area contributed by atoms with Crippen LogP contribution in [0.2, 0.25) is 0 Å². The van der Waals surface area contributed by atoms with Gasteiger partial charge in [0.05, 0.1) is 12.2 Å². The highest BCUT2D eigenvalue weighted by Gasteiger charge is 2.26. The first-order valence-electron chi connectivity index (χ1n) is 9.35. The van der Waals surface area contributed by atoms with E-state index in [9.17, 15) is 9.59 Å². The van der Waals surface area contributed by atoms with Gasteiger partial charge in [0.2, 0.25) is 0 Å². The van der Waals surface area contributed by atoms with E-state index in [2.05, 4.69) is 17.6 Å². The molecular weight excluding hydrogens is 402 g/mol. The van der Waals surface area contributed by atoms with Crippen molar-refractivity contribution >= 4 is 46.4 Å². The van der Waals surface area contributed by atoms with Crippen LogP contribution in [-0.2, 0) is 6.54 Å². The lowest BCUT2D eigenvalue weighted by Crippen LogP contribution is -2.41. The van der Waals surface area contributed by atoms with Gasteiger partial charge in [0, 0.05) is 32.8 Å². The van der Waals surface area contributed by atoms with Gasteiger partial charge >= 0.3 is 6.03 Å². The second-order valence-electron chi connectivity index (χ2n) is 6.78. The fourth-order valence-electron chi connectivity index (χ4n) is 3.16. The molecule has 148 valence electrons. The van der Waals surface area contributed by atoms with E-state index in [1.54, 1.807) is 52.3 Å². The first-order valence-corrected chi connectivity index (χ1v) is 11.1. The predicted octanol–water partition coefficient (Wildman–Crippen LogP) is 5.21. The smallest absolute Gasteiger partial charge is 0.326 e. The molecule has 2 N–H and O–H groups in total. The molecule has 0 fully saturated rings. The Morgan fingerprint density at radius 3 is 2.62 bits per heavy atom. The summed E-state index contributed by atoms with van der Waals surface area (Å²) in [6.07, 6.45) is 0. The minimum Gasteiger partial charge on any atom is -0.347 e. The molecule has 29 heavy (non-hydrogen) atoms. The van der Waals surface area contributed by atoms with Gasteiger partial charge in [0.25, 0.3) is 5.91 Å². The number of para-hydroxylation sites is 1. The van der Waals surface area contributed by atoms with E-state index in [1.807, 2.05) is 41.8 Å². The predicted molar refractivity (Wildman–Crippen MR) is 120 cm³/mol. The molecule has 1 aliphatic rings. The van der Waals surface area contributed by atoms with Gasteiger partial charge in [-0.25, -0.2) is 4.79 Å². The van der Waals surface area contributed by atoms with Crippen LogP contribution in [-0.4, -0.2) is 23.7 Å². The number of thiophene rings is 1. The number of urea groups is 1. The second kappa shape index (κ2) is 8.71. The monoisotopic (exact) mass is 423 g/mol. The second-order valence-corrected chi connectivity index (χ2v) is 9.29. The SMILES string of the molecule is C[C@@H]1CN(C(=O)Nc2ccc(C(=O)NCc3cccs3)cc2)c2ccccc2S1. The van der Waals surface area contributed by atoms with Crippen LogP contribution >= 0.6 is 23.1 Å². The minimum absolute atomic E-state index is 0.132. The highest BCUT2D eigenvalue weighted by molar-refractivity contribution is 8.00. The average Bonchev–Trinajstić information content (AvgIpc) is 3.25. The van der Waals surface area contributed by atoms with E-state index < -0.39 is 0 Å². The molecule has 1 atom stereocenters. The van der Waals surface area contributed by atoms with Crippen LogP contribution in [0.25, 0.3) is 0 Å². The van der Waals surface area contributed by atoms with Crippen LogP contribution in [0.1, 0.15) is 22.2 Å². The number of nitrogens with zero attached hydrogens (tertiary/aromatic N) is 1. The van der Waals surface area contributed by atoms with E-state index in [1.165, 1.54) is 0 Å². The highest BCUT2D eigenvalue weighted by Crippen LogP contribution is 2.38. The van der Waals surface area contributed by atoms with Crippen molar-refractivity contribution in [2.24, 2.45) is 0 Å². The normalized spacial score (nSPS) is 15.5. The molecule has 0 saturated carbocycles. The van der Waals surface area contributed by atoms with Crippen molar-refractivity contribution in [3.8, 4) is 0 Å². The van der Waals surface area contributed by atoms with Gasteiger partial charge in [0.1, 0.15) is 0 Å². The number of hydrogen-bond acceptors (Lipinski definition) is 4. The van der Waals surface area contributed by atoms with Crippen molar-refractivity contribution in [2.75, 3.05) is 16.8 Å². The molecule has 0 unspecified atom stereocenters. The van der Waals surface area contributed by atoms with Gasteiger partial charge in [0.15, 0.2) is 0 Å². The number of fused-ring (bicyclic) bond motifs is 1. The number of amides is 3. The molecule has 4 rings (SSSR count). The quantitative estimate of drug-likeness (QED) is 0.605. The summed E-state index contributed by atoms with van der Waals surface area (Å²) in [5.41, 5.74) is 2.15. The minimum atomic E-state index is -0.167. The van der Waals surface area contributed by atoms with E-state index >= 15 is 0 Å². The molecule has 7 heteroatoms. The number of thioether (sulfide) groups is 1. The third-order valence-electron chi connectivity index (χ3n) is 4.57. The van der Waals surface area contributed by atoms with Crippen LogP contribution in [0.15, 0.2) is 70.9 Å². The van der Waals surface area contributed by atoms with Gasteiger partial charge in [-0.15, -0.1) is 23.1 Å². The largest absolute Gasteiger partial charge is 0.347 e. The lowest BCUT2D eigenvalue weighted by Gasteiger charge is -2.32.